The number of halogens is 1. The van der Waals surface area contributed by atoms with Gasteiger partial charge < -0.3 is 25.4 Å². The fraction of sp³-hybridized carbons (Fsp3) is 0.333. The van der Waals surface area contributed by atoms with E-state index in [0.717, 1.165) is 29.0 Å². The maximum absolute atomic E-state index is 12.0. The normalized spacial score (nSPS) is 10.5. The highest BCUT2D eigenvalue weighted by molar-refractivity contribution is 14.0. The minimum absolute atomic E-state index is 0. The lowest BCUT2D eigenvalue weighted by atomic mass is 10.1. The van der Waals surface area contributed by atoms with Gasteiger partial charge in [-0.3, -0.25) is 9.79 Å². The maximum atomic E-state index is 12.0. The minimum Gasteiger partial charge on any atom is -0.497 e. The third-order valence-electron chi connectivity index (χ3n) is 4.17. The Balaban J connectivity index is 0.00000420. The number of guanidine groups is 1. The summed E-state index contributed by atoms with van der Waals surface area (Å²) in [6.45, 7) is 1.28. The van der Waals surface area contributed by atoms with Gasteiger partial charge in [-0.2, -0.15) is 0 Å². The highest BCUT2D eigenvalue weighted by Gasteiger charge is 2.05. The molecular weight excluding hydrogens is 483 g/mol. The molecule has 0 unspecified atom stereocenters. The van der Waals surface area contributed by atoms with Crippen LogP contribution in [-0.2, 0) is 17.8 Å². The van der Waals surface area contributed by atoms with Gasteiger partial charge in [0.1, 0.15) is 11.5 Å². The number of methoxy groups -OCH3 is 2. The van der Waals surface area contributed by atoms with Crippen LogP contribution in [0.25, 0.3) is 0 Å². The topological polar surface area (TPSA) is 84.0 Å². The van der Waals surface area contributed by atoms with Gasteiger partial charge in [-0.05, 0) is 35.7 Å². The smallest absolute Gasteiger partial charge is 0.239 e. The van der Waals surface area contributed by atoms with Crippen molar-refractivity contribution in [2.45, 2.75) is 13.0 Å². The molecule has 0 atom stereocenters. The maximum Gasteiger partial charge on any atom is 0.239 e. The van der Waals surface area contributed by atoms with Gasteiger partial charge in [0.15, 0.2) is 5.96 Å². The summed E-state index contributed by atoms with van der Waals surface area (Å²) < 4.78 is 10.5. The molecule has 0 saturated heterocycles. The van der Waals surface area contributed by atoms with E-state index in [2.05, 4.69) is 20.9 Å². The first-order valence-electron chi connectivity index (χ1n) is 9.12. The number of benzene rings is 2. The molecule has 0 spiro atoms. The van der Waals surface area contributed by atoms with Crippen LogP contribution < -0.4 is 25.4 Å². The molecule has 3 N–H and O–H groups in total. The number of carbonyl (C=O) groups excluding carboxylic acids is 1. The van der Waals surface area contributed by atoms with E-state index in [9.17, 15) is 4.79 Å². The molecule has 0 aromatic heterocycles. The average molecular weight is 512 g/mol. The molecular formula is C21H29IN4O3. The molecule has 0 saturated carbocycles. The molecule has 0 aliphatic carbocycles. The summed E-state index contributed by atoms with van der Waals surface area (Å²) in [5.74, 6) is 2.13. The first-order valence-corrected chi connectivity index (χ1v) is 9.12. The summed E-state index contributed by atoms with van der Waals surface area (Å²) in [6.07, 6.45) is 0.786. The van der Waals surface area contributed by atoms with Crippen molar-refractivity contribution in [1.82, 2.24) is 16.0 Å². The van der Waals surface area contributed by atoms with Gasteiger partial charge in [-0.15, -0.1) is 24.0 Å². The first kappa shape index (κ1) is 24.5. The van der Waals surface area contributed by atoms with Crippen LogP contribution in [0.5, 0.6) is 11.5 Å². The second kappa shape index (κ2) is 13.6. The largest absolute Gasteiger partial charge is 0.497 e. The van der Waals surface area contributed by atoms with Gasteiger partial charge in [0.05, 0.1) is 20.8 Å². The molecule has 8 heteroatoms. The summed E-state index contributed by atoms with van der Waals surface area (Å²) >= 11 is 0. The molecule has 2 aromatic rings. The van der Waals surface area contributed by atoms with Crippen LogP contribution in [0.2, 0.25) is 0 Å². The van der Waals surface area contributed by atoms with Crippen molar-refractivity contribution in [3.63, 3.8) is 0 Å². The summed E-state index contributed by atoms with van der Waals surface area (Å²) in [6, 6.07) is 15.5. The summed E-state index contributed by atoms with van der Waals surface area (Å²) in [7, 11) is 4.96. The number of ether oxygens (including phenoxy) is 2. The van der Waals surface area contributed by atoms with Gasteiger partial charge in [-0.25, -0.2) is 0 Å². The van der Waals surface area contributed by atoms with Crippen molar-refractivity contribution < 1.29 is 14.3 Å². The van der Waals surface area contributed by atoms with Crippen LogP contribution in [0.1, 0.15) is 11.1 Å². The van der Waals surface area contributed by atoms with Crippen LogP contribution in [0, 0.1) is 0 Å². The van der Waals surface area contributed by atoms with Crippen molar-refractivity contribution in [3.8, 4) is 11.5 Å². The SMILES string of the molecule is CN=C(NCCc1ccccc1OC)NCC(=O)NCc1ccc(OC)cc1.I. The number of carbonyl (C=O) groups is 1. The third-order valence-corrected chi connectivity index (χ3v) is 4.17. The van der Waals surface area contributed by atoms with E-state index < -0.39 is 0 Å². The lowest BCUT2D eigenvalue weighted by Gasteiger charge is -2.13. The molecule has 2 aromatic carbocycles. The Morgan fingerprint density at radius 3 is 2.34 bits per heavy atom. The zero-order valence-corrected chi connectivity index (χ0v) is 19.4. The van der Waals surface area contributed by atoms with E-state index in [0.29, 0.717) is 19.0 Å². The fourth-order valence-corrected chi connectivity index (χ4v) is 2.62. The molecule has 29 heavy (non-hydrogen) atoms. The Hall–Kier alpha value is -2.49. The van der Waals surface area contributed by atoms with Crippen LogP contribution in [0.15, 0.2) is 53.5 Å². The van der Waals surface area contributed by atoms with E-state index in [1.54, 1.807) is 21.3 Å². The highest BCUT2D eigenvalue weighted by Crippen LogP contribution is 2.17. The summed E-state index contributed by atoms with van der Waals surface area (Å²) in [5, 5.41) is 9.09. The van der Waals surface area contributed by atoms with E-state index in [1.165, 1.54) is 0 Å². The Kier molecular flexibility index (Phi) is 11.6. The van der Waals surface area contributed by atoms with Gasteiger partial charge in [-0.1, -0.05) is 30.3 Å². The second-order valence-electron chi connectivity index (χ2n) is 6.04. The number of para-hydroxylation sites is 1. The van der Waals surface area contributed by atoms with E-state index in [-0.39, 0.29) is 36.4 Å². The average Bonchev–Trinajstić information content (AvgIpc) is 2.75. The van der Waals surface area contributed by atoms with Gasteiger partial charge in [0.25, 0.3) is 0 Å². The monoisotopic (exact) mass is 512 g/mol. The molecule has 0 fully saturated rings. The van der Waals surface area contributed by atoms with Crippen LogP contribution in [-0.4, -0.2) is 46.2 Å². The lowest BCUT2D eigenvalue weighted by molar-refractivity contribution is -0.120. The number of aliphatic imine (C=N–C) groups is 1. The minimum atomic E-state index is -0.108. The van der Waals surface area contributed by atoms with Crippen molar-refractivity contribution in [2.24, 2.45) is 4.99 Å². The Morgan fingerprint density at radius 1 is 0.966 bits per heavy atom. The van der Waals surface area contributed by atoms with Gasteiger partial charge in [0, 0.05) is 20.1 Å². The number of amides is 1. The van der Waals surface area contributed by atoms with Crippen LogP contribution >= 0.6 is 24.0 Å². The Labute approximate surface area is 189 Å². The van der Waals surface area contributed by atoms with Crippen LogP contribution in [0.3, 0.4) is 0 Å². The number of hydrogen-bond donors (Lipinski definition) is 3. The molecule has 0 aliphatic rings. The van der Waals surface area contributed by atoms with Crippen LogP contribution in [0.4, 0.5) is 0 Å². The first-order chi connectivity index (χ1) is 13.7. The zero-order chi connectivity index (χ0) is 20.2. The number of hydrogen-bond acceptors (Lipinski definition) is 4. The quantitative estimate of drug-likeness (QED) is 0.273. The van der Waals surface area contributed by atoms with E-state index in [4.69, 9.17) is 9.47 Å². The zero-order valence-electron chi connectivity index (χ0n) is 17.0. The summed E-state index contributed by atoms with van der Waals surface area (Å²) in [5.41, 5.74) is 2.12. The predicted molar refractivity (Wildman–Crippen MR) is 126 cm³/mol. The van der Waals surface area contributed by atoms with Crippen molar-refractivity contribution in [3.05, 3.63) is 59.7 Å². The summed E-state index contributed by atoms with van der Waals surface area (Å²) in [4.78, 5) is 16.2. The van der Waals surface area contributed by atoms with Crippen molar-refractivity contribution in [2.75, 3.05) is 34.4 Å². The molecule has 158 valence electrons. The Morgan fingerprint density at radius 2 is 1.69 bits per heavy atom. The molecule has 1 amide bonds. The van der Waals surface area contributed by atoms with Gasteiger partial charge >= 0.3 is 0 Å². The third kappa shape index (κ3) is 8.59. The number of nitrogens with zero attached hydrogens (tertiary/aromatic N) is 1. The standard InChI is InChI=1S/C21H28N4O3.HI/c1-22-21(23-13-12-17-6-4-5-7-19(17)28-3)25-15-20(26)24-14-16-8-10-18(27-2)11-9-16;/h4-11H,12-15H2,1-3H3,(H,24,26)(H2,22,23,25);1H. The van der Waals surface area contributed by atoms with Crippen molar-refractivity contribution in [1.29, 1.82) is 0 Å². The van der Waals surface area contributed by atoms with Gasteiger partial charge in [0.2, 0.25) is 5.91 Å². The van der Waals surface area contributed by atoms with E-state index >= 15 is 0 Å². The molecule has 0 bridgehead atoms. The number of nitrogens with one attached hydrogen (secondary N) is 3. The molecule has 0 aliphatic heterocycles. The number of rotatable bonds is 9. The fourth-order valence-electron chi connectivity index (χ4n) is 2.62. The molecule has 2 rings (SSSR count). The molecule has 7 nitrogen and oxygen atoms in total. The predicted octanol–water partition coefficient (Wildman–Crippen LogP) is 2.35. The molecule has 0 heterocycles. The molecule has 0 radical (unpaired) electrons. The Bertz CT molecular complexity index is 782. The highest BCUT2D eigenvalue weighted by atomic mass is 127. The van der Waals surface area contributed by atoms with Crippen molar-refractivity contribution >= 4 is 35.8 Å². The van der Waals surface area contributed by atoms with E-state index in [1.807, 2.05) is 48.5 Å². The second-order valence-corrected chi connectivity index (χ2v) is 6.04. The lowest BCUT2D eigenvalue weighted by Crippen LogP contribution is -2.43.